The molecule has 3 fully saturated rings. The molecule has 6 heterocycles. The van der Waals surface area contributed by atoms with E-state index in [0.29, 0.717) is 179 Å². The van der Waals surface area contributed by atoms with Crippen molar-refractivity contribution in [3.8, 4) is 23.1 Å². The second-order valence-electron chi connectivity index (χ2n) is 32.5. The monoisotopic (exact) mass is 1820 g/mol. The molecule has 3 amide bonds. The number of nitrogens with one attached hydrogen (secondary N) is 1. The molecule has 22 nitrogen and oxygen atoms in total. The van der Waals surface area contributed by atoms with Gasteiger partial charge in [-0.2, -0.15) is 10.5 Å². The summed E-state index contributed by atoms with van der Waals surface area (Å²) in [7, 11) is 5.36. The molecule has 674 valence electrons. The molecule has 3 aliphatic heterocycles. The summed E-state index contributed by atoms with van der Waals surface area (Å²) in [4.78, 5) is 91.4. The number of halogens is 10. The average molecular weight is 1830 g/mol. The van der Waals surface area contributed by atoms with Gasteiger partial charge in [0.25, 0.3) is 34.4 Å². The van der Waals surface area contributed by atoms with Gasteiger partial charge in [0.2, 0.25) is 0 Å². The van der Waals surface area contributed by atoms with Gasteiger partial charge in [0.05, 0.1) is 39.7 Å². The van der Waals surface area contributed by atoms with Gasteiger partial charge in [0, 0.05) is 162 Å². The molecule has 3 aliphatic rings. The lowest BCUT2D eigenvalue weighted by Gasteiger charge is -2.38. The van der Waals surface area contributed by atoms with E-state index in [1.54, 1.807) is 82.7 Å². The van der Waals surface area contributed by atoms with Crippen molar-refractivity contribution >= 4 is 58.2 Å². The number of benzene rings is 9. The van der Waals surface area contributed by atoms with Gasteiger partial charge in [0.1, 0.15) is 63.1 Å². The lowest BCUT2D eigenvalue weighted by atomic mass is 10.00. The second-order valence-corrected chi connectivity index (χ2v) is 33.8. The topological polar surface area (TPSA) is 223 Å². The molecule has 15 rings (SSSR count). The van der Waals surface area contributed by atoms with Gasteiger partial charge in [0.15, 0.2) is 5.69 Å². The van der Waals surface area contributed by atoms with Crippen molar-refractivity contribution in [1.29, 1.82) is 5.26 Å². The van der Waals surface area contributed by atoms with Gasteiger partial charge in [-0.05, 0) is 217 Å². The van der Waals surface area contributed by atoms with Crippen LogP contribution in [0.1, 0.15) is 126 Å². The van der Waals surface area contributed by atoms with Crippen molar-refractivity contribution in [3.05, 3.63) is 365 Å². The van der Waals surface area contributed by atoms with Crippen LogP contribution < -0.4 is 21.9 Å². The minimum atomic E-state index is -1.05. The first-order valence-electron chi connectivity index (χ1n) is 42.4. The molecule has 0 radical (unpaired) electrons. The van der Waals surface area contributed by atoms with Crippen molar-refractivity contribution in [2.75, 3.05) is 58.9 Å². The van der Waals surface area contributed by atoms with Gasteiger partial charge in [-0.25, -0.2) is 50.0 Å². The van der Waals surface area contributed by atoms with Crippen LogP contribution in [0.5, 0.6) is 0 Å². The number of nitrogens with zero attached hydrogens (tertiary/aromatic N) is 13. The van der Waals surface area contributed by atoms with Crippen LogP contribution in [-0.4, -0.2) is 157 Å². The number of amides is 3. The van der Waals surface area contributed by atoms with E-state index in [4.69, 9.17) is 40.1 Å². The maximum Gasteiger partial charge on any atom is 0.276 e. The highest BCUT2D eigenvalue weighted by molar-refractivity contribution is 6.31. The number of rotatable bonds is 25. The molecular weight excluding hydrogens is 1730 g/mol. The highest BCUT2D eigenvalue weighted by Crippen LogP contribution is 2.31. The van der Waals surface area contributed by atoms with Crippen molar-refractivity contribution < 1.29 is 55.6 Å². The zero-order valence-electron chi connectivity index (χ0n) is 72.0. The van der Waals surface area contributed by atoms with Crippen LogP contribution in [0.3, 0.4) is 0 Å². The number of hydrogen-bond acceptors (Lipinski definition) is 12. The number of para-hydroxylation sites is 1. The Labute approximate surface area is 756 Å². The summed E-state index contributed by atoms with van der Waals surface area (Å²) in [6.45, 7) is 10.6. The number of piperidine rings is 3. The first-order valence-corrected chi connectivity index (χ1v) is 43.6. The number of carbonyl (C=O) groups excluding carboxylic acids is 3. The van der Waals surface area contributed by atoms with Gasteiger partial charge in [-0.15, -0.1) is 0 Å². The van der Waals surface area contributed by atoms with Crippen LogP contribution in [-0.2, 0) is 60.0 Å². The Morgan fingerprint density at radius 2 is 0.674 bits per heavy atom. The molecule has 0 aliphatic carbocycles. The minimum absolute atomic E-state index is 0.00716. The van der Waals surface area contributed by atoms with E-state index in [1.165, 1.54) is 60.5 Å². The molecule has 1 unspecified atom stereocenters. The zero-order valence-corrected chi connectivity index (χ0v) is 74.3. The molecule has 2 N–H and O–H groups in total. The molecule has 129 heavy (non-hydrogen) atoms. The lowest BCUT2D eigenvalue weighted by molar-refractivity contribution is -0.991. The molecule has 0 saturated carbocycles. The number of quaternary nitrogens is 1. The fourth-order valence-electron chi connectivity index (χ4n) is 17.2. The average Bonchev–Trinajstić information content (AvgIpc) is 1.63. The molecule has 12 aromatic rings. The molecule has 0 spiro atoms. The maximum atomic E-state index is 14.7. The van der Waals surface area contributed by atoms with E-state index < -0.39 is 80.4 Å². The summed E-state index contributed by atoms with van der Waals surface area (Å²) in [5, 5.41) is 30.6. The first kappa shape index (κ1) is 94.7. The van der Waals surface area contributed by atoms with Crippen LogP contribution >= 0.6 is 34.8 Å². The Bertz CT molecular complexity index is 6170. The number of likely N-dealkylation sites (tertiary alicyclic amines) is 3. The quantitative estimate of drug-likeness (QED) is 0.0403. The molecule has 9 aromatic carbocycles. The van der Waals surface area contributed by atoms with Gasteiger partial charge < -0.3 is 19.9 Å². The SMILES string of the molecule is Cc1c(CN(CCc2ccc(Cl)cc2)C2CCN(C(=O)c3c(F)cccc3F)CC2)c(=O)n(-c2ccc(C#N)cc2)n1C.Cc1c(CN(CCc2ccc(Cl)cc2)C2CCN(C(=O)c3c(F)cccc3F)CC2)c(=O)n(-c2ccc([NH+]([O-])O)cc2)n1C.Cc1c(CN(CCc2ccc(Cl)cc2)C2CCN(C(=O)c3c(F)cccc3F)CC2)c(=O)n(-c2ccccc2F)n1C. The molecule has 3 saturated heterocycles. The fraction of sp³-hybridized carbons (Fsp3) is 0.309. The summed E-state index contributed by atoms with van der Waals surface area (Å²) in [5.74, 6) is -7.71. The molecule has 1 atom stereocenters. The number of aromatic nitrogens is 6. The smallest absolute Gasteiger partial charge is 0.276 e. The Morgan fingerprint density at radius 3 is 0.961 bits per heavy atom. The molecule has 32 heteroatoms. The molecule has 3 aromatic heterocycles. The standard InChI is InChI=1S/C33H32ClF2N5O2.C32H32ClF3N4O2.C32H34ClF2N5O4/c1-22-28(32(42)41(38(22)2)27-12-8-24(20-37)9-13-27)21-40(17-14-23-6-10-25(34)11-7-23)26-15-18-39(19-16-26)33(43)31-29(35)4-3-5-30(31)36;1-21-25(31(41)40(37(21)2)29-9-4-3-6-26(29)34)20-39(17-14-22-10-12-23(33)13-11-22)24-15-18-38(19-16-24)32(42)30-27(35)7-5-8-28(30)36;1-21-27(31(41)39(36(21)2)25-10-12-26(13-11-25)40(43)44)20-38(17-14-22-6-8-23(33)9-7-22)24-15-18-37(19-16-24)32(42)30-28(34)4-3-5-29(30)35/h3-13,26H,14-19,21H2,1-2H3;3-13,24H,14-20H2,1-2H3;3-13,24,40,43H,14-20H2,1-2H3. The Hall–Kier alpha value is -12.0. The summed E-state index contributed by atoms with van der Waals surface area (Å²) >= 11 is 18.2. The first-order chi connectivity index (χ1) is 61.9. The summed E-state index contributed by atoms with van der Waals surface area (Å²) < 4.78 is 110. The predicted octanol–water partition coefficient (Wildman–Crippen LogP) is 15.7. The van der Waals surface area contributed by atoms with Crippen molar-refractivity contribution in [2.45, 2.75) is 116 Å². The Kier molecular flexibility index (Phi) is 31.2. The van der Waals surface area contributed by atoms with Gasteiger partial charge in [-0.3, -0.25) is 57.5 Å². The maximum absolute atomic E-state index is 14.7. The van der Waals surface area contributed by atoms with Crippen molar-refractivity contribution in [2.24, 2.45) is 21.1 Å². The van der Waals surface area contributed by atoms with E-state index in [2.05, 4.69) is 20.8 Å². The number of carbonyl (C=O) groups is 3. The highest BCUT2D eigenvalue weighted by atomic mass is 35.5. The fourth-order valence-corrected chi connectivity index (χ4v) is 17.6. The van der Waals surface area contributed by atoms with E-state index in [1.807, 2.05) is 105 Å². The largest absolute Gasteiger partial charge is 0.595 e. The highest BCUT2D eigenvalue weighted by Gasteiger charge is 2.36. The van der Waals surface area contributed by atoms with E-state index in [0.717, 1.165) is 76.6 Å². The third-order valence-electron chi connectivity index (χ3n) is 24.9. The number of hydrogen-bond donors (Lipinski definition) is 2. The van der Waals surface area contributed by atoms with Crippen LogP contribution in [0, 0.1) is 78.0 Å². The third-order valence-corrected chi connectivity index (χ3v) is 25.7. The van der Waals surface area contributed by atoms with Crippen molar-refractivity contribution in [3.63, 3.8) is 0 Å². The Morgan fingerprint density at radius 1 is 0.403 bits per heavy atom. The Balaban J connectivity index is 0.000000165. The van der Waals surface area contributed by atoms with Gasteiger partial charge in [-0.1, -0.05) is 102 Å². The van der Waals surface area contributed by atoms with Crippen molar-refractivity contribution in [1.82, 2.24) is 57.5 Å². The van der Waals surface area contributed by atoms with Crippen LogP contribution in [0.2, 0.25) is 15.1 Å². The zero-order chi connectivity index (χ0) is 92.2. The summed E-state index contributed by atoms with van der Waals surface area (Å²) in [6, 6.07) is 54.4. The predicted molar refractivity (Wildman–Crippen MR) is 480 cm³/mol. The van der Waals surface area contributed by atoms with Crippen LogP contribution in [0.25, 0.3) is 17.1 Å². The number of nitriles is 1. The van der Waals surface area contributed by atoms with E-state index in [9.17, 15) is 69.9 Å². The summed E-state index contributed by atoms with van der Waals surface area (Å²) in [6.07, 6.45) is 5.59. The van der Waals surface area contributed by atoms with E-state index >= 15 is 0 Å². The lowest BCUT2D eigenvalue weighted by Crippen LogP contribution is -2.99. The minimum Gasteiger partial charge on any atom is -0.595 e. The molecular formula is C97H98Cl3F7N14O8. The normalized spacial score (nSPS) is 14.2. The summed E-state index contributed by atoms with van der Waals surface area (Å²) in [5.41, 5.74) is 7.24. The van der Waals surface area contributed by atoms with Gasteiger partial charge >= 0.3 is 0 Å². The van der Waals surface area contributed by atoms with Crippen LogP contribution in [0.15, 0.2) is 215 Å². The second kappa shape index (κ2) is 42.5. The third kappa shape index (κ3) is 22.0. The molecule has 0 bridgehead atoms. The van der Waals surface area contributed by atoms with Crippen LogP contribution in [0.4, 0.5) is 36.4 Å². The van der Waals surface area contributed by atoms with E-state index in [-0.39, 0.29) is 46.2 Å².